The average Bonchev–Trinajstić information content (AvgIpc) is 2.71. The summed E-state index contributed by atoms with van der Waals surface area (Å²) >= 11 is 0. The molecule has 0 aliphatic carbocycles. The van der Waals surface area contributed by atoms with Gasteiger partial charge in [0.25, 0.3) is 0 Å². The molecule has 2 aromatic carbocycles. The van der Waals surface area contributed by atoms with Gasteiger partial charge in [-0.15, -0.1) is 0 Å². The van der Waals surface area contributed by atoms with Crippen LogP contribution in [-0.2, 0) is 11.2 Å². The lowest BCUT2D eigenvalue weighted by molar-refractivity contribution is -0.118. The third kappa shape index (κ3) is 5.61. The second kappa shape index (κ2) is 10.2. The number of allylic oxidation sites excluding steroid dienone is 1. The number of hydrogen-bond acceptors (Lipinski definition) is 5. The summed E-state index contributed by atoms with van der Waals surface area (Å²) in [7, 11) is 4.66. The lowest BCUT2D eigenvalue weighted by Crippen LogP contribution is -2.23. The topological polar surface area (TPSA) is 73.9 Å². The van der Waals surface area contributed by atoms with Gasteiger partial charge in [-0.3, -0.25) is 9.59 Å². The van der Waals surface area contributed by atoms with Crippen LogP contribution in [0, 0.1) is 0 Å². The Labute approximate surface area is 165 Å². The van der Waals surface area contributed by atoms with Crippen LogP contribution in [0.25, 0.3) is 6.08 Å². The van der Waals surface area contributed by atoms with E-state index in [4.69, 9.17) is 14.2 Å². The van der Waals surface area contributed by atoms with Crippen molar-refractivity contribution in [3.05, 3.63) is 59.2 Å². The molecule has 0 bridgehead atoms. The van der Waals surface area contributed by atoms with Crippen molar-refractivity contribution in [2.75, 3.05) is 27.9 Å². The van der Waals surface area contributed by atoms with Crippen molar-refractivity contribution in [3.8, 4) is 17.2 Å². The lowest BCUT2D eigenvalue weighted by atomic mass is 9.99. The number of amides is 1. The Balaban J connectivity index is 2.32. The van der Waals surface area contributed by atoms with Gasteiger partial charge in [-0.05, 0) is 47.9 Å². The van der Waals surface area contributed by atoms with Crippen LogP contribution in [0.5, 0.6) is 17.2 Å². The predicted octanol–water partition coefficient (Wildman–Crippen LogP) is 3.29. The first-order valence-electron chi connectivity index (χ1n) is 8.84. The molecular weight excluding hydrogens is 358 g/mol. The fourth-order valence-corrected chi connectivity index (χ4v) is 2.74. The van der Waals surface area contributed by atoms with E-state index >= 15 is 0 Å². The number of rotatable bonds is 9. The molecule has 6 nitrogen and oxygen atoms in total. The Bertz CT molecular complexity index is 873. The number of carbonyl (C=O) groups excluding carboxylic acids is 2. The van der Waals surface area contributed by atoms with E-state index in [1.807, 2.05) is 24.3 Å². The third-order valence-corrected chi connectivity index (χ3v) is 4.16. The molecule has 0 aliphatic rings. The molecule has 0 unspecified atom stereocenters. The van der Waals surface area contributed by atoms with Gasteiger partial charge in [0.05, 0.1) is 21.3 Å². The molecule has 28 heavy (non-hydrogen) atoms. The number of hydrogen-bond donors (Lipinski definition) is 1. The summed E-state index contributed by atoms with van der Waals surface area (Å²) in [5.74, 6) is 1.45. The van der Waals surface area contributed by atoms with Crippen molar-refractivity contribution in [1.29, 1.82) is 0 Å². The first-order valence-corrected chi connectivity index (χ1v) is 8.84. The van der Waals surface area contributed by atoms with E-state index in [9.17, 15) is 9.59 Å². The Kier molecular flexibility index (Phi) is 7.63. The van der Waals surface area contributed by atoms with Gasteiger partial charge in [0, 0.05) is 19.0 Å². The minimum atomic E-state index is -0.165. The maximum Gasteiger partial charge on any atom is 0.216 e. The van der Waals surface area contributed by atoms with Crippen molar-refractivity contribution in [2.24, 2.45) is 0 Å². The predicted molar refractivity (Wildman–Crippen MR) is 108 cm³/mol. The molecule has 2 aromatic rings. The molecule has 1 N–H and O–H groups in total. The van der Waals surface area contributed by atoms with Gasteiger partial charge in [0.2, 0.25) is 5.91 Å². The Morgan fingerprint density at radius 1 is 1.00 bits per heavy atom. The summed E-state index contributed by atoms with van der Waals surface area (Å²) in [6.45, 7) is 1.88. The molecule has 2 rings (SSSR count). The van der Waals surface area contributed by atoms with Gasteiger partial charge in [-0.25, -0.2) is 0 Å². The first kappa shape index (κ1) is 21.0. The standard InChI is InChI=1S/C22H25NO5/c1-15(24)23-11-10-17-13-21(27-3)22(28-4)14-19(17)20(25)9-8-16-6-5-7-18(12-16)26-2/h5-9,12-14H,10-11H2,1-4H3,(H,23,24). The highest BCUT2D eigenvalue weighted by atomic mass is 16.5. The van der Waals surface area contributed by atoms with E-state index in [0.717, 1.165) is 16.9 Å². The number of benzene rings is 2. The zero-order valence-electron chi connectivity index (χ0n) is 16.6. The summed E-state index contributed by atoms with van der Waals surface area (Å²) < 4.78 is 15.9. The molecule has 6 heteroatoms. The van der Waals surface area contributed by atoms with E-state index in [0.29, 0.717) is 30.0 Å². The highest BCUT2D eigenvalue weighted by Gasteiger charge is 2.15. The Morgan fingerprint density at radius 2 is 1.71 bits per heavy atom. The maximum atomic E-state index is 12.9. The third-order valence-electron chi connectivity index (χ3n) is 4.16. The molecule has 148 valence electrons. The molecule has 0 saturated heterocycles. The van der Waals surface area contributed by atoms with Gasteiger partial charge >= 0.3 is 0 Å². The SMILES string of the molecule is COc1cccc(C=CC(=O)c2cc(OC)c(OC)cc2CCNC(C)=O)c1. The molecule has 0 fully saturated rings. The van der Waals surface area contributed by atoms with Crippen molar-refractivity contribution in [1.82, 2.24) is 5.32 Å². The quantitative estimate of drug-likeness (QED) is 0.531. The van der Waals surface area contributed by atoms with Crippen LogP contribution < -0.4 is 19.5 Å². The minimum absolute atomic E-state index is 0.119. The molecule has 0 aliphatic heterocycles. The molecule has 0 atom stereocenters. The van der Waals surface area contributed by atoms with Crippen LogP contribution >= 0.6 is 0 Å². The fourth-order valence-electron chi connectivity index (χ4n) is 2.74. The van der Waals surface area contributed by atoms with Crippen molar-refractivity contribution < 1.29 is 23.8 Å². The summed E-state index contributed by atoms with van der Waals surface area (Å²) in [6, 6.07) is 10.9. The Hall–Kier alpha value is -3.28. The second-order valence-electron chi connectivity index (χ2n) is 6.07. The smallest absolute Gasteiger partial charge is 0.216 e. The largest absolute Gasteiger partial charge is 0.497 e. The molecule has 0 radical (unpaired) electrons. The second-order valence-corrected chi connectivity index (χ2v) is 6.07. The van der Waals surface area contributed by atoms with Crippen LogP contribution in [0.15, 0.2) is 42.5 Å². The highest BCUT2D eigenvalue weighted by molar-refractivity contribution is 6.08. The van der Waals surface area contributed by atoms with Crippen molar-refractivity contribution in [3.63, 3.8) is 0 Å². The van der Waals surface area contributed by atoms with Crippen LogP contribution in [0.4, 0.5) is 0 Å². The normalized spacial score (nSPS) is 10.6. The zero-order valence-corrected chi connectivity index (χ0v) is 16.6. The fraction of sp³-hybridized carbons (Fsp3) is 0.273. The van der Waals surface area contributed by atoms with Crippen LogP contribution in [0.3, 0.4) is 0 Å². The monoisotopic (exact) mass is 383 g/mol. The lowest BCUT2D eigenvalue weighted by Gasteiger charge is -2.14. The minimum Gasteiger partial charge on any atom is -0.497 e. The highest BCUT2D eigenvalue weighted by Crippen LogP contribution is 2.31. The van der Waals surface area contributed by atoms with E-state index in [1.54, 1.807) is 32.4 Å². The molecule has 0 spiro atoms. The van der Waals surface area contributed by atoms with Gasteiger partial charge in [0.15, 0.2) is 17.3 Å². The van der Waals surface area contributed by atoms with Gasteiger partial charge < -0.3 is 19.5 Å². The van der Waals surface area contributed by atoms with Crippen molar-refractivity contribution in [2.45, 2.75) is 13.3 Å². The van der Waals surface area contributed by atoms with Crippen LogP contribution in [0.1, 0.15) is 28.4 Å². The maximum absolute atomic E-state index is 12.9. The summed E-state index contributed by atoms with van der Waals surface area (Å²) in [4.78, 5) is 24.0. The summed E-state index contributed by atoms with van der Waals surface area (Å²) in [5.41, 5.74) is 2.13. The molecule has 1 amide bonds. The van der Waals surface area contributed by atoms with Crippen molar-refractivity contribution >= 4 is 17.8 Å². The average molecular weight is 383 g/mol. The van der Waals surface area contributed by atoms with Gasteiger partial charge in [-0.2, -0.15) is 0 Å². The van der Waals surface area contributed by atoms with E-state index in [2.05, 4.69) is 5.32 Å². The van der Waals surface area contributed by atoms with Gasteiger partial charge in [0.1, 0.15) is 5.75 Å². The number of ketones is 1. The number of carbonyl (C=O) groups is 2. The molecule has 0 aromatic heterocycles. The molecule has 0 heterocycles. The van der Waals surface area contributed by atoms with Gasteiger partial charge in [-0.1, -0.05) is 18.2 Å². The van der Waals surface area contributed by atoms with Crippen LogP contribution in [0.2, 0.25) is 0 Å². The molecular formula is C22H25NO5. The van der Waals surface area contributed by atoms with E-state index in [-0.39, 0.29) is 11.7 Å². The number of methoxy groups -OCH3 is 3. The van der Waals surface area contributed by atoms with E-state index < -0.39 is 0 Å². The molecule has 0 saturated carbocycles. The van der Waals surface area contributed by atoms with Crippen LogP contribution in [-0.4, -0.2) is 39.6 Å². The first-order chi connectivity index (χ1) is 13.5. The number of nitrogens with one attached hydrogen (secondary N) is 1. The zero-order chi connectivity index (χ0) is 20.5. The Morgan fingerprint density at radius 3 is 2.36 bits per heavy atom. The van der Waals surface area contributed by atoms with E-state index in [1.165, 1.54) is 20.1 Å². The number of ether oxygens (including phenoxy) is 3. The summed E-state index contributed by atoms with van der Waals surface area (Å²) in [6.07, 6.45) is 3.74. The summed E-state index contributed by atoms with van der Waals surface area (Å²) in [5, 5.41) is 2.74.